The van der Waals surface area contributed by atoms with Crippen LogP contribution in [0.5, 0.6) is 5.75 Å². The molecule has 1 aliphatic rings. The Kier molecular flexibility index (Phi) is 6.18. The normalized spacial score (nSPS) is 13.3. The van der Waals surface area contributed by atoms with Gasteiger partial charge in [0.1, 0.15) is 5.75 Å². The highest BCUT2D eigenvalue weighted by molar-refractivity contribution is 5.97. The zero-order valence-corrected chi connectivity index (χ0v) is 17.9. The van der Waals surface area contributed by atoms with E-state index in [1.54, 1.807) is 31.4 Å². The maximum Gasteiger partial charge on any atom is 0.251 e. The van der Waals surface area contributed by atoms with Crippen molar-refractivity contribution < 1.29 is 14.3 Å². The summed E-state index contributed by atoms with van der Waals surface area (Å²) >= 11 is 0. The number of nitrogens with one attached hydrogen (secondary N) is 2. The maximum atomic E-state index is 12.5. The number of amides is 2. The molecule has 1 aliphatic carbocycles. The van der Waals surface area contributed by atoms with Gasteiger partial charge in [-0.15, -0.1) is 0 Å². The van der Waals surface area contributed by atoms with Crippen molar-refractivity contribution in [3.05, 3.63) is 71.8 Å². The van der Waals surface area contributed by atoms with Crippen molar-refractivity contribution in [2.45, 2.75) is 25.4 Å². The molecule has 0 radical (unpaired) electrons. The molecule has 0 aromatic heterocycles. The SMILES string of the molecule is COc1ccc2cc(CN(C)CC(=O)Nc3cccc(C(=O)NC4CC4)c3)ccc2c1. The number of ether oxygens (including phenoxy) is 1. The average Bonchev–Trinajstić information content (AvgIpc) is 3.57. The first-order valence-corrected chi connectivity index (χ1v) is 10.5. The fourth-order valence-electron chi connectivity index (χ4n) is 3.55. The Balaban J connectivity index is 1.33. The summed E-state index contributed by atoms with van der Waals surface area (Å²) in [6.45, 7) is 0.901. The minimum Gasteiger partial charge on any atom is -0.497 e. The number of hydrogen-bond donors (Lipinski definition) is 2. The van der Waals surface area contributed by atoms with Crippen LogP contribution in [0.4, 0.5) is 5.69 Å². The first-order valence-electron chi connectivity index (χ1n) is 10.5. The monoisotopic (exact) mass is 417 g/mol. The molecule has 1 saturated carbocycles. The number of hydrogen-bond acceptors (Lipinski definition) is 4. The number of benzene rings is 3. The van der Waals surface area contributed by atoms with Crippen LogP contribution >= 0.6 is 0 Å². The van der Waals surface area contributed by atoms with E-state index in [1.807, 2.05) is 30.1 Å². The third-order valence-corrected chi connectivity index (χ3v) is 5.30. The van der Waals surface area contributed by atoms with Gasteiger partial charge < -0.3 is 15.4 Å². The lowest BCUT2D eigenvalue weighted by Crippen LogP contribution is -2.30. The van der Waals surface area contributed by atoms with Crippen LogP contribution in [0.2, 0.25) is 0 Å². The minimum atomic E-state index is -0.118. The fraction of sp³-hybridized carbons (Fsp3) is 0.280. The molecular formula is C25H27N3O3. The Morgan fingerprint density at radius 2 is 1.81 bits per heavy atom. The second kappa shape index (κ2) is 9.18. The zero-order valence-electron chi connectivity index (χ0n) is 17.9. The Hall–Kier alpha value is -3.38. The number of anilines is 1. The van der Waals surface area contributed by atoms with Crippen molar-refractivity contribution in [3.8, 4) is 5.75 Å². The molecule has 4 rings (SSSR count). The summed E-state index contributed by atoms with van der Waals surface area (Å²) in [4.78, 5) is 26.7. The van der Waals surface area contributed by atoms with Gasteiger partial charge in [-0.05, 0) is 72.6 Å². The molecule has 2 amide bonds. The lowest BCUT2D eigenvalue weighted by atomic mass is 10.1. The number of carbonyl (C=O) groups is 2. The summed E-state index contributed by atoms with van der Waals surface area (Å²) in [5, 5.41) is 8.11. The largest absolute Gasteiger partial charge is 0.497 e. The molecule has 1 fully saturated rings. The van der Waals surface area contributed by atoms with E-state index in [0.29, 0.717) is 23.8 Å². The van der Waals surface area contributed by atoms with Crippen LogP contribution in [-0.2, 0) is 11.3 Å². The van der Waals surface area contributed by atoms with Gasteiger partial charge in [0.15, 0.2) is 0 Å². The number of likely N-dealkylation sites (N-methyl/N-ethyl adjacent to an activating group) is 1. The molecule has 0 saturated heterocycles. The molecule has 0 unspecified atom stereocenters. The van der Waals surface area contributed by atoms with Crippen molar-refractivity contribution in [3.63, 3.8) is 0 Å². The summed E-state index contributed by atoms with van der Waals surface area (Å²) in [7, 11) is 3.58. The number of methoxy groups -OCH3 is 1. The van der Waals surface area contributed by atoms with E-state index in [1.165, 1.54) is 0 Å². The highest BCUT2D eigenvalue weighted by Gasteiger charge is 2.23. The summed E-state index contributed by atoms with van der Waals surface area (Å²) in [6.07, 6.45) is 2.08. The van der Waals surface area contributed by atoms with Gasteiger partial charge in [-0.1, -0.05) is 24.3 Å². The number of rotatable bonds is 8. The summed E-state index contributed by atoms with van der Waals surface area (Å²) in [6, 6.07) is 19.6. The topological polar surface area (TPSA) is 70.7 Å². The van der Waals surface area contributed by atoms with E-state index in [2.05, 4.69) is 28.8 Å². The zero-order chi connectivity index (χ0) is 21.8. The van der Waals surface area contributed by atoms with Crippen LogP contribution in [0.1, 0.15) is 28.8 Å². The smallest absolute Gasteiger partial charge is 0.251 e. The van der Waals surface area contributed by atoms with E-state index in [0.717, 1.165) is 34.9 Å². The van der Waals surface area contributed by atoms with Crippen molar-refractivity contribution in [2.75, 3.05) is 26.0 Å². The second-order valence-corrected chi connectivity index (χ2v) is 8.10. The van der Waals surface area contributed by atoms with Crippen molar-refractivity contribution in [1.82, 2.24) is 10.2 Å². The molecule has 160 valence electrons. The molecular weight excluding hydrogens is 390 g/mol. The molecule has 0 bridgehead atoms. The van der Waals surface area contributed by atoms with E-state index in [-0.39, 0.29) is 18.4 Å². The van der Waals surface area contributed by atoms with Gasteiger partial charge in [-0.25, -0.2) is 0 Å². The van der Waals surface area contributed by atoms with Gasteiger partial charge in [-0.2, -0.15) is 0 Å². The molecule has 3 aromatic carbocycles. The predicted molar refractivity (Wildman–Crippen MR) is 122 cm³/mol. The molecule has 0 aliphatic heterocycles. The van der Waals surface area contributed by atoms with Gasteiger partial charge in [0.05, 0.1) is 13.7 Å². The van der Waals surface area contributed by atoms with Crippen molar-refractivity contribution >= 4 is 28.3 Å². The van der Waals surface area contributed by atoms with Crippen LogP contribution in [0.15, 0.2) is 60.7 Å². The Morgan fingerprint density at radius 1 is 1.03 bits per heavy atom. The third-order valence-electron chi connectivity index (χ3n) is 5.30. The van der Waals surface area contributed by atoms with E-state index < -0.39 is 0 Å². The van der Waals surface area contributed by atoms with Crippen LogP contribution in [0.3, 0.4) is 0 Å². The van der Waals surface area contributed by atoms with Crippen LogP contribution in [-0.4, -0.2) is 43.5 Å². The molecule has 3 aromatic rings. The first-order chi connectivity index (χ1) is 15.0. The average molecular weight is 418 g/mol. The number of carbonyl (C=O) groups excluding carboxylic acids is 2. The maximum absolute atomic E-state index is 12.5. The van der Waals surface area contributed by atoms with Gasteiger partial charge in [0.25, 0.3) is 5.91 Å². The standard InChI is InChI=1S/C25H27N3O3/c1-28(15-17-6-7-19-14-23(31-2)11-8-18(19)12-17)16-24(29)26-22-5-3-4-20(13-22)25(30)27-21-9-10-21/h3-8,11-14,21H,9-10,15-16H2,1-2H3,(H,26,29)(H,27,30). The summed E-state index contributed by atoms with van der Waals surface area (Å²) in [5.74, 6) is 0.626. The highest BCUT2D eigenvalue weighted by atomic mass is 16.5. The molecule has 0 spiro atoms. The number of fused-ring (bicyclic) bond motifs is 1. The van der Waals surface area contributed by atoms with Crippen molar-refractivity contribution in [1.29, 1.82) is 0 Å². The highest BCUT2D eigenvalue weighted by Crippen LogP contribution is 2.22. The first kappa shape index (κ1) is 20.9. The van der Waals surface area contributed by atoms with Gasteiger partial charge >= 0.3 is 0 Å². The number of nitrogens with zero attached hydrogens (tertiary/aromatic N) is 1. The Morgan fingerprint density at radius 3 is 2.58 bits per heavy atom. The molecule has 2 N–H and O–H groups in total. The molecule has 31 heavy (non-hydrogen) atoms. The molecule has 6 heteroatoms. The van der Waals surface area contributed by atoms with Gasteiger partial charge in [0.2, 0.25) is 5.91 Å². The predicted octanol–water partition coefficient (Wildman–Crippen LogP) is 3.81. The minimum absolute atomic E-state index is 0.0929. The van der Waals surface area contributed by atoms with E-state index in [4.69, 9.17) is 4.74 Å². The quantitative estimate of drug-likeness (QED) is 0.585. The van der Waals surface area contributed by atoms with Crippen LogP contribution in [0.25, 0.3) is 10.8 Å². The Labute approximate surface area is 182 Å². The van der Waals surface area contributed by atoms with Gasteiger partial charge in [0, 0.05) is 23.8 Å². The van der Waals surface area contributed by atoms with Gasteiger partial charge in [-0.3, -0.25) is 14.5 Å². The lowest BCUT2D eigenvalue weighted by molar-refractivity contribution is -0.117. The molecule has 0 heterocycles. The van der Waals surface area contributed by atoms with Crippen LogP contribution in [0, 0.1) is 0 Å². The second-order valence-electron chi connectivity index (χ2n) is 8.10. The lowest BCUT2D eigenvalue weighted by Gasteiger charge is -2.17. The van der Waals surface area contributed by atoms with E-state index >= 15 is 0 Å². The summed E-state index contributed by atoms with van der Waals surface area (Å²) in [5.41, 5.74) is 2.32. The molecule has 6 nitrogen and oxygen atoms in total. The third kappa shape index (κ3) is 5.61. The van der Waals surface area contributed by atoms with Crippen LogP contribution < -0.4 is 15.4 Å². The molecule has 0 atom stereocenters. The Bertz CT molecular complexity index is 1110. The fourth-order valence-corrected chi connectivity index (χ4v) is 3.55. The summed E-state index contributed by atoms with van der Waals surface area (Å²) < 4.78 is 5.27. The van der Waals surface area contributed by atoms with E-state index in [9.17, 15) is 9.59 Å². The van der Waals surface area contributed by atoms with Crippen molar-refractivity contribution in [2.24, 2.45) is 0 Å².